The third-order valence-electron chi connectivity index (χ3n) is 2.82. The number of ether oxygens (including phenoxy) is 1. The summed E-state index contributed by atoms with van der Waals surface area (Å²) in [7, 11) is 0. The number of benzene rings is 2. The Bertz CT molecular complexity index is 566. The second-order valence-electron chi connectivity index (χ2n) is 4.23. The highest BCUT2D eigenvalue weighted by Crippen LogP contribution is 2.28. The van der Waals surface area contributed by atoms with E-state index in [0.717, 1.165) is 32.7 Å². The van der Waals surface area contributed by atoms with Gasteiger partial charge in [0.05, 0.1) is 0 Å². The van der Waals surface area contributed by atoms with Crippen LogP contribution in [0.5, 0.6) is 11.5 Å². The smallest absolute Gasteiger partial charge is 0.130 e. The van der Waals surface area contributed by atoms with E-state index < -0.39 is 0 Å². The van der Waals surface area contributed by atoms with Crippen LogP contribution in [-0.4, -0.2) is 0 Å². The van der Waals surface area contributed by atoms with Crippen molar-refractivity contribution in [3.05, 3.63) is 57.6 Å². The fourth-order valence-electron chi connectivity index (χ4n) is 1.74. The van der Waals surface area contributed by atoms with E-state index >= 15 is 0 Å². The van der Waals surface area contributed by atoms with E-state index in [9.17, 15) is 0 Å². The van der Waals surface area contributed by atoms with Crippen LogP contribution in [0.4, 0.5) is 0 Å². The second kappa shape index (κ2) is 5.77. The van der Waals surface area contributed by atoms with Crippen molar-refractivity contribution in [3.8, 4) is 11.5 Å². The zero-order valence-electron chi connectivity index (χ0n) is 10.3. The molecule has 0 aliphatic carbocycles. The van der Waals surface area contributed by atoms with Gasteiger partial charge in [-0.3, -0.25) is 0 Å². The van der Waals surface area contributed by atoms with Crippen molar-refractivity contribution in [1.29, 1.82) is 0 Å². The average Bonchev–Trinajstić information content (AvgIpc) is 2.33. The Kier molecular flexibility index (Phi) is 4.31. The van der Waals surface area contributed by atoms with Gasteiger partial charge in [0.15, 0.2) is 0 Å². The zero-order chi connectivity index (χ0) is 13.1. The first kappa shape index (κ1) is 13.4. The molecule has 0 amide bonds. The molecule has 1 nitrogen and oxygen atoms in total. The predicted octanol–water partition coefficient (Wildman–Crippen LogP) is 5.60. The molecule has 0 unspecified atom stereocenters. The third kappa shape index (κ3) is 3.06. The van der Waals surface area contributed by atoms with Gasteiger partial charge < -0.3 is 4.74 Å². The first-order chi connectivity index (χ1) is 8.60. The van der Waals surface area contributed by atoms with Crippen molar-refractivity contribution < 1.29 is 4.74 Å². The van der Waals surface area contributed by atoms with Gasteiger partial charge in [0.2, 0.25) is 0 Å². The molecule has 0 saturated heterocycles. The lowest BCUT2D eigenvalue weighted by Gasteiger charge is -2.11. The van der Waals surface area contributed by atoms with Crippen molar-refractivity contribution in [2.24, 2.45) is 0 Å². The number of aryl methyl sites for hydroxylation is 2. The molecule has 0 aromatic heterocycles. The molecule has 18 heavy (non-hydrogen) atoms. The summed E-state index contributed by atoms with van der Waals surface area (Å²) in [6.45, 7) is 4.07. The SMILES string of the molecule is Cc1cc(Oc2ccc(Br)cc2C)ccc1CCl. The standard InChI is InChI=1S/C15H14BrClO/c1-10-8-14(5-3-12(10)9-17)18-15-6-4-13(16)7-11(15)2/h3-8H,9H2,1-2H3. The summed E-state index contributed by atoms with van der Waals surface area (Å²) in [4.78, 5) is 0. The molecule has 0 N–H and O–H groups in total. The Morgan fingerprint density at radius 1 is 1.06 bits per heavy atom. The van der Waals surface area contributed by atoms with Gasteiger partial charge in [-0.1, -0.05) is 22.0 Å². The summed E-state index contributed by atoms with van der Waals surface area (Å²) >= 11 is 9.28. The summed E-state index contributed by atoms with van der Waals surface area (Å²) in [5.41, 5.74) is 3.39. The number of alkyl halides is 1. The van der Waals surface area contributed by atoms with Crippen LogP contribution in [0.25, 0.3) is 0 Å². The highest BCUT2D eigenvalue weighted by Gasteiger charge is 2.04. The van der Waals surface area contributed by atoms with Crippen LogP contribution in [0.2, 0.25) is 0 Å². The molecular weight excluding hydrogens is 312 g/mol. The summed E-state index contributed by atoms with van der Waals surface area (Å²) in [5, 5.41) is 0. The molecule has 0 saturated carbocycles. The minimum Gasteiger partial charge on any atom is -0.457 e. The van der Waals surface area contributed by atoms with E-state index in [1.54, 1.807) is 0 Å². The number of rotatable bonds is 3. The van der Waals surface area contributed by atoms with Crippen LogP contribution >= 0.6 is 27.5 Å². The number of halogens is 2. The fourth-order valence-corrected chi connectivity index (χ4v) is 2.51. The molecular formula is C15H14BrClO. The molecule has 0 fully saturated rings. The zero-order valence-corrected chi connectivity index (χ0v) is 12.7. The number of hydrogen-bond donors (Lipinski definition) is 0. The van der Waals surface area contributed by atoms with Gasteiger partial charge >= 0.3 is 0 Å². The Morgan fingerprint density at radius 3 is 2.44 bits per heavy atom. The molecule has 2 aromatic carbocycles. The monoisotopic (exact) mass is 324 g/mol. The first-order valence-electron chi connectivity index (χ1n) is 5.69. The topological polar surface area (TPSA) is 9.23 Å². The largest absolute Gasteiger partial charge is 0.457 e. The molecule has 2 aromatic rings. The van der Waals surface area contributed by atoms with E-state index in [2.05, 4.69) is 15.9 Å². The minimum absolute atomic E-state index is 0.531. The fraction of sp³-hybridized carbons (Fsp3) is 0.200. The molecule has 94 valence electrons. The van der Waals surface area contributed by atoms with Gasteiger partial charge in [-0.2, -0.15) is 0 Å². The lowest BCUT2D eigenvalue weighted by atomic mass is 10.1. The second-order valence-corrected chi connectivity index (χ2v) is 5.42. The maximum Gasteiger partial charge on any atom is 0.130 e. The van der Waals surface area contributed by atoms with Crippen LogP contribution in [0.3, 0.4) is 0 Å². The molecule has 0 spiro atoms. The van der Waals surface area contributed by atoms with Gasteiger partial charge in [0, 0.05) is 10.4 Å². The van der Waals surface area contributed by atoms with Gasteiger partial charge in [-0.15, -0.1) is 11.6 Å². The Balaban J connectivity index is 2.26. The van der Waals surface area contributed by atoms with Crippen LogP contribution in [0, 0.1) is 13.8 Å². The van der Waals surface area contributed by atoms with Crippen molar-refractivity contribution in [3.63, 3.8) is 0 Å². The van der Waals surface area contributed by atoms with Crippen molar-refractivity contribution in [2.75, 3.05) is 0 Å². The lowest BCUT2D eigenvalue weighted by molar-refractivity contribution is 0.478. The maximum atomic E-state index is 5.88. The van der Waals surface area contributed by atoms with Crippen LogP contribution in [0.15, 0.2) is 40.9 Å². The molecule has 3 heteroatoms. The lowest BCUT2D eigenvalue weighted by Crippen LogP contribution is -1.90. The Labute approximate surface area is 121 Å². The summed E-state index contributed by atoms with van der Waals surface area (Å²) in [5.74, 6) is 2.24. The van der Waals surface area contributed by atoms with Crippen LogP contribution in [0.1, 0.15) is 16.7 Å². The van der Waals surface area contributed by atoms with E-state index in [-0.39, 0.29) is 0 Å². The quantitative estimate of drug-likeness (QED) is 0.668. The average molecular weight is 326 g/mol. The van der Waals surface area contributed by atoms with E-state index in [1.807, 2.05) is 50.2 Å². The highest BCUT2D eigenvalue weighted by atomic mass is 79.9. The third-order valence-corrected chi connectivity index (χ3v) is 3.60. The van der Waals surface area contributed by atoms with E-state index in [4.69, 9.17) is 16.3 Å². The summed E-state index contributed by atoms with van der Waals surface area (Å²) < 4.78 is 6.94. The molecule has 0 radical (unpaired) electrons. The molecule has 0 aliphatic rings. The summed E-state index contributed by atoms with van der Waals surface area (Å²) in [6, 6.07) is 11.9. The van der Waals surface area contributed by atoms with Gasteiger partial charge in [0.1, 0.15) is 11.5 Å². The van der Waals surface area contributed by atoms with Crippen molar-refractivity contribution in [1.82, 2.24) is 0 Å². The first-order valence-corrected chi connectivity index (χ1v) is 7.02. The number of hydrogen-bond acceptors (Lipinski definition) is 1. The van der Waals surface area contributed by atoms with Crippen LogP contribution in [-0.2, 0) is 5.88 Å². The summed E-state index contributed by atoms with van der Waals surface area (Å²) in [6.07, 6.45) is 0. The van der Waals surface area contributed by atoms with E-state index in [0.29, 0.717) is 5.88 Å². The van der Waals surface area contributed by atoms with Gasteiger partial charge in [-0.25, -0.2) is 0 Å². The normalized spacial score (nSPS) is 10.4. The van der Waals surface area contributed by atoms with Crippen molar-refractivity contribution >= 4 is 27.5 Å². The van der Waals surface area contributed by atoms with Gasteiger partial charge in [0.25, 0.3) is 0 Å². The Hall–Kier alpha value is -0.990. The van der Waals surface area contributed by atoms with Gasteiger partial charge in [-0.05, 0) is 60.9 Å². The predicted molar refractivity (Wildman–Crippen MR) is 79.7 cm³/mol. The maximum absolute atomic E-state index is 5.88. The van der Waals surface area contributed by atoms with Crippen LogP contribution < -0.4 is 4.74 Å². The molecule has 0 atom stereocenters. The molecule has 2 rings (SSSR count). The Morgan fingerprint density at radius 2 is 1.83 bits per heavy atom. The molecule has 0 aliphatic heterocycles. The minimum atomic E-state index is 0.531. The van der Waals surface area contributed by atoms with Crippen molar-refractivity contribution in [2.45, 2.75) is 19.7 Å². The molecule has 0 bridgehead atoms. The molecule has 0 heterocycles. The highest BCUT2D eigenvalue weighted by molar-refractivity contribution is 9.10. The van der Waals surface area contributed by atoms with E-state index in [1.165, 1.54) is 0 Å².